The van der Waals surface area contributed by atoms with Crippen LogP contribution in [0.1, 0.15) is 40.0 Å². The van der Waals surface area contributed by atoms with Crippen LogP contribution in [-0.4, -0.2) is 36.6 Å². The van der Waals surface area contributed by atoms with Crippen LogP contribution in [0.5, 0.6) is 0 Å². The first-order valence-corrected chi connectivity index (χ1v) is 5.82. The summed E-state index contributed by atoms with van der Waals surface area (Å²) < 4.78 is 0. The third kappa shape index (κ3) is 2.44. The van der Waals surface area contributed by atoms with Gasteiger partial charge < -0.3 is 10.2 Å². The standard InChI is InChI=1S/C9H18N2.C2H6/c1-2-11-7-4-9(5-8-11)3-6-10-9;1-2/h10H,2-8H2,1H3;1-2H3. The van der Waals surface area contributed by atoms with Gasteiger partial charge in [0.1, 0.15) is 0 Å². The van der Waals surface area contributed by atoms with Gasteiger partial charge in [0.2, 0.25) is 0 Å². The van der Waals surface area contributed by atoms with E-state index in [2.05, 4.69) is 17.1 Å². The topological polar surface area (TPSA) is 15.3 Å². The molecule has 0 saturated carbocycles. The highest BCUT2D eigenvalue weighted by Crippen LogP contribution is 2.30. The number of rotatable bonds is 1. The molecule has 2 aliphatic heterocycles. The lowest BCUT2D eigenvalue weighted by Gasteiger charge is -2.48. The van der Waals surface area contributed by atoms with Crippen LogP contribution >= 0.6 is 0 Å². The zero-order chi connectivity index (χ0) is 9.73. The lowest BCUT2D eigenvalue weighted by atomic mass is 9.79. The van der Waals surface area contributed by atoms with Crippen molar-refractivity contribution in [1.29, 1.82) is 0 Å². The van der Waals surface area contributed by atoms with E-state index in [-0.39, 0.29) is 0 Å². The quantitative estimate of drug-likeness (QED) is 0.669. The number of piperidine rings is 1. The minimum atomic E-state index is 0.589. The molecule has 0 bridgehead atoms. The Morgan fingerprint density at radius 3 is 2.00 bits per heavy atom. The number of nitrogens with one attached hydrogen (secondary N) is 1. The maximum atomic E-state index is 3.58. The predicted octanol–water partition coefficient (Wildman–Crippen LogP) is 1.86. The van der Waals surface area contributed by atoms with Crippen LogP contribution < -0.4 is 5.32 Å². The summed E-state index contributed by atoms with van der Waals surface area (Å²) in [6.45, 7) is 11.4. The Morgan fingerprint density at radius 2 is 1.69 bits per heavy atom. The minimum absolute atomic E-state index is 0.589. The highest BCUT2D eigenvalue weighted by atomic mass is 15.2. The van der Waals surface area contributed by atoms with Gasteiger partial charge in [0, 0.05) is 5.54 Å². The van der Waals surface area contributed by atoms with Gasteiger partial charge in [-0.1, -0.05) is 20.8 Å². The fourth-order valence-corrected chi connectivity index (χ4v) is 2.20. The number of nitrogens with zero attached hydrogens (tertiary/aromatic N) is 1. The van der Waals surface area contributed by atoms with E-state index in [0.29, 0.717) is 5.54 Å². The first-order valence-electron chi connectivity index (χ1n) is 5.82. The van der Waals surface area contributed by atoms with Crippen LogP contribution in [0.4, 0.5) is 0 Å². The normalized spacial score (nSPS) is 26.1. The van der Waals surface area contributed by atoms with Gasteiger partial charge >= 0.3 is 0 Å². The Morgan fingerprint density at radius 1 is 1.15 bits per heavy atom. The molecule has 0 aromatic carbocycles. The van der Waals surface area contributed by atoms with Crippen molar-refractivity contribution >= 4 is 0 Å². The molecule has 1 spiro atoms. The lowest BCUT2D eigenvalue weighted by molar-refractivity contribution is 0.0882. The van der Waals surface area contributed by atoms with Crippen LogP contribution in [0.2, 0.25) is 0 Å². The third-order valence-electron chi connectivity index (χ3n) is 3.36. The van der Waals surface area contributed by atoms with E-state index in [1.54, 1.807) is 0 Å². The fraction of sp³-hybridized carbons (Fsp3) is 1.00. The van der Waals surface area contributed by atoms with Crippen LogP contribution in [0, 0.1) is 0 Å². The molecule has 0 atom stereocenters. The van der Waals surface area contributed by atoms with Gasteiger partial charge in [0.25, 0.3) is 0 Å². The maximum absolute atomic E-state index is 3.58. The Kier molecular flexibility index (Phi) is 4.20. The molecule has 0 aromatic heterocycles. The monoisotopic (exact) mass is 184 g/mol. The van der Waals surface area contributed by atoms with Gasteiger partial charge in [-0.05, 0) is 45.4 Å². The zero-order valence-electron chi connectivity index (χ0n) is 9.40. The molecular formula is C11H24N2. The average molecular weight is 184 g/mol. The number of likely N-dealkylation sites (tertiary alicyclic amines) is 1. The van der Waals surface area contributed by atoms with Crippen molar-refractivity contribution in [1.82, 2.24) is 10.2 Å². The Hall–Kier alpha value is -0.0800. The van der Waals surface area contributed by atoms with Crippen LogP contribution in [0.3, 0.4) is 0 Å². The van der Waals surface area contributed by atoms with Crippen LogP contribution in [-0.2, 0) is 0 Å². The molecule has 0 aromatic rings. The second-order valence-electron chi connectivity index (χ2n) is 3.89. The van der Waals surface area contributed by atoms with Gasteiger partial charge in [-0.15, -0.1) is 0 Å². The summed E-state index contributed by atoms with van der Waals surface area (Å²) >= 11 is 0. The summed E-state index contributed by atoms with van der Waals surface area (Å²) in [7, 11) is 0. The van der Waals surface area contributed by atoms with Gasteiger partial charge in [-0.2, -0.15) is 0 Å². The van der Waals surface area contributed by atoms with Crippen molar-refractivity contribution in [2.24, 2.45) is 0 Å². The first kappa shape index (κ1) is 11.0. The fourth-order valence-electron chi connectivity index (χ4n) is 2.20. The predicted molar refractivity (Wildman–Crippen MR) is 58.0 cm³/mol. The molecule has 2 rings (SSSR count). The summed E-state index contributed by atoms with van der Waals surface area (Å²) in [5.74, 6) is 0. The molecule has 1 N–H and O–H groups in total. The molecule has 13 heavy (non-hydrogen) atoms. The molecule has 2 saturated heterocycles. The molecule has 0 amide bonds. The van der Waals surface area contributed by atoms with Crippen molar-refractivity contribution in [3.63, 3.8) is 0 Å². The lowest BCUT2D eigenvalue weighted by Crippen LogP contribution is -2.61. The van der Waals surface area contributed by atoms with Crippen molar-refractivity contribution in [3.8, 4) is 0 Å². The number of hydrogen-bond acceptors (Lipinski definition) is 2. The smallest absolute Gasteiger partial charge is 0.0217 e. The highest BCUT2D eigenvalue weighted by molar-refractivity contribution is 4.99. The molecular weight excluding hydrogens is 160 g/mol. The number of hydrogen-bond donors (Lipinski definition) is 1. The molecule has 2 heterocycles. The van der Waals surface area contributed by atoms with Crippen molar-refractivity contribution < 1.29 is 0 Å². The SMILES string of the molecule is CC.CCN1CCC2(CCN2)CC1. The molecule has 0 unspecified atom stereocenters. The van der Waals surface area contributed by atoms with Crippen LogP contribution in [0.25, 0.3) is 0 Å². The second kappa shape index (κ2) is 4.97. The molecule has 78 valence electrons. The van der Waals surface area contributed by atoms with Gasteiger partial charge in [-0.3, -0.25) is 0 Å². The summed E-state index contributed by atoms with van der Waals surface area (Å²) in [5.41, 5.74) is 0.589. The summed E-state index contributed by atoms with van der Waals surface area (Å²) in [6, 6.07) is 0. The van der Waals surface area contributed by atoms with E-state index in [4.69, 9.17) is 0 Å². The molecule has 2 heteroatoms. The van der Waals surface area contributed by atoms with Gasteiger partial charge in [0.15, 0.2) is 0 Å². The minimum Gasteiger partial charge on any atom is -0.311 e. The summed E-state index contributed by atoms with van der Waals surface area (Å²) in [4.78, 5) is 2.55. The van der Waals surface area contributed by atoms with E-state index >= 15 is 0 Å². The van der Waals surface area contributed by atoms with E-state index < -0.39 is 0 Å². The largest absolute Gasteiger partial charge is 0.311 e. The Balaban J connectivity index is 0.000000396. The van der Waals surface area contributed by atoms with Crippen molar-refractivity contribution in [2.75, 3.05) is 26.2 Å². The first-order chi connectivity index (χ1) is 6.35. The zero-order valence-corrected chi connectivity index (χ0v) is 9.40. The molecule has 2 aliphatic rings. The van der Waals surface area contributed by atoms with E-state index in [9.17, 15) is 0 Å². The van der Waals surface area contributed by atoms with E-state index in [0.717, 1.165) is 0 Å². The van der Waals surface area contributed by atoms with Crippen LogP contribution in [0.15, 0.2) is 0 Å². The highest BCUT2D eigenvalue weighted by Gasteiger charge is 2.38. The van der Waals surface area contributed by atoms with Gasteiger partial charge in [-0.25, -0.2) is 0 Å². The maximum Gasteiger partial charge on any atom is 0.0217 e. The summed E-state index contributed by atoms with van der Waals surface area (Å²) in [6.07, 6.45) is 4.17. The second-order valence-corrected chi connectivity index (χ2v) is 3.89. The molecule has 2 nitrogen and oxygen atoms in total. The van der Waals surface area contributed by atoms with E-state index in [1.165, 1.54) is 45.4 Å². The third-order valence-corrected chi connectivity index (χ3v) is 3.36. The molecule has 0 radical (unpaired) electrons. The van der Waals surface area contributed by atoms with Crippen molar-refractivity contribution in [2.45, 2.75) is 45.6 Å². The molecule has 2 fully saturated rings. The van der Waals surface area contributed by atoms with Gasteiger partial charge in [0.05, 0.1) is 0 Å². The average Bonchev–Trinajstić information content (AvgIpc) is 2.19. The molecule has 0 aliphatic carbocycles. The van der Waals surface area contributed by atoms with Crippen molar-refractivity contribution in [3.05, 3.63) is 0 Å². The Labute approximate surface area is 82.7 Å². The summed E-state index contributed by atoms with van der Waals surface area (Å²) in [5, 5.41) is 3.58. The Bertz CT molecular complexity index is 131. The van der Waals surface area contributed by atoms with E-state index in [1.807, 2.05) is 13.8 Å².